The summed E-state index contributed by atoms with van der Waals surface area (Å²) in [5.41, 5.74) is 7.76. The maximum absolute atomic E-state index is 5.95. The van der Waals surface area contributed by atoms with Crippen molar-refractivity contribution in [2.24, 2.45) is 0 Å². The van der Waals surface area contributed by atoms with Gasteiger partial charge in [-0.3, -0.25) is 0 Å². The Morgan fingerprint density at radius 2 is 1.93 bits per heavy atom. The number of alkyl halides is 1. The van der Waals surface area contributed by atoms with Crippen LogP contribution in [0.3, 0.4) is 0 Å². The molecular weight excluding hydrogens is 194 g/mol. The Hall–Kier alpha value is -0.690. The van der Waals surface area contributed by atoms with E-state index in [4.69, 9.17) is 17.3 Å². The molecule has 0 aliphatic heterocycles. The molecule has 0 heterocycles. The van der Waals surface area contributed by atoms with E-state index >= 15 is 0 Å². The minimum atomic E-state index is 0.484. The van der Waals surface area contributed by atoms with Gasteiger partial charge in [0.1, 0.15) is 0 Å². The van der Waals surface area contributed by atoms with Crippen LogP contribution in [0.25, 0.3) is 0 Å². The quantitative estimate of drug-likeness (QED) is 0.582. The Morgan fingerprint density at radius 3 is 2.43 bits per heavy atom. The highest BCUT2D eigenvalue weighted by Gasteiger charge is 2.08. The molecule has 0 aliphatic rings. The third-order valence-corrected chi connectivity index (χ3v) is 2.87. The molecule has 1 rings (SSSR count). The molecule has 0 aromatic heterocycles. The van der Waals surface area contributed by atoms with Gasteiger partial charge in [0.25, 0.3) is 0 Å². The van der Waals surface area contributed by atoms with Crippen molar-refractivity contribution in [3.05, 3.63) is 29.8 Å². The largest absolute Gasteiger partial charge is 0.399 e. The van der Waals surface area contributed by atoms with Gasteiger partial charge in [-0.2, -0.15) is 0 Å². The molecule has 1 aromatic rings. The van der Waals surface area contributed by atoms with Crippen LogP contribution in [-0.4, -0.2) is 5.88 Å². The van der Waals surface area contributed by atoms with Crippen LogP contribution < -0.4 is 5.73 Å². The third-order valence-electron chi connectivity index (χ3n) is 2.50. The Kier molecular flexibility index (Phi) is 4.81. The zero-order valence-electron chi connectivity index (χ0n) is 8.67. The maximum Gasteiger partial charge on any atom is 0.0314 e. The molecule has 1 atom stereocenters. The minimum absolute atomic E-state index is 0.484. The SMILES string of the molecule is CCCCC(CCl)c1ccc(N)cc1. The van der Waals surface area contributed by atoms with Gasteiger partial charge in [-0.15, -0.1) is 11.6 Å². The monoisotopic (exact) mass is 211 g/mol. The van der Waals surface area contributed by atoms with Gasteiger partial charge >= 0.3 is 0 Å². The summed E-state index contributed by atoms with van der Waals surface area (Å²) in [7, 11) is 0. The van der Waals surface area contributed by atoms with Crippen LogP contribution in [0.15, 0.2) is 24.3 Å². The molecule has 0 fully saturated rings. The van der Waals surface area contributed by atoms with Gasteiger partial charge in [-0.25, -0.2) is 0 Å². The summed E-state index contributed by atoms with van der Waals surface area (Å²) in [6.07, 6.45) is 3.63. The number of rotatable bonds is 5. The molecule has 0 spiro atoms. The van der Waals surface area contributed by atoms with E-state index in [-0.39, 0.29) is 0 Å². The summed E-state index contributed by atoms with van der Waals surface area (Å²) in [6, 6.07) is 8.05. The fourth-order valence-electron chi connectivity index (χ4n) is 1.55. The zero-order chi connectivity index (χ0) is 10.4. The third kappa shape index (κ3) is 3.22. The average Bonchev–Trinajstić information content (AvgIpc) is 2.21. The summed E-state index contributed by atoms with van der Waals surface area (Å²) in [5.74, 6) is 1.18. The van der Waals surface area contributed by atoms with Crippen molar-refractivity contribution in [1.29, 1.82) is 0 Å². The Balaban J connectivity index is 2.64. The number of unbranched alkanes of at least 4 members (excludes halogenated alkanes) is 1. The van der Waals surface area contributed by atoms with Crippen molar-refractivity contribution in [2.45, 2.75) is 32.1 Å². The van der Waals surface area contributed by atoms with Gasteiger partial charge < -0.3 is 5.73 Å². The summed E-state index contributed by atoms with van der Waals surface area (Å²) < 4.78 is 0. The number of nitrogen functional groups attached to an aromatic ring is 1. The van der Waals surface area contributed by atoms with Crippen LogP contribution in [0.4, 0.5) is 5.69 Å². The molecule has 0 aliphatic carbocycles. The van der Waals surface area contributed by atoms with Gasteiger partial charge in [0, 0.05) is 11.6 Å². The van der Waals surface area contributed by atoms with Crippen molar-refractivity contribution in [1.82, 2.24) is 0 Å². The Bertz CT molecular complexity index is 256. The molecule has 0 amide bonds. The predicted octanol–water partition coefficient (Wildman–Crippen LogP) is 3.78. The maximum atomic E-state index is 5.95. The van der Waals surface area contributed by atoms with Crippen molar-refractivity contribution < 1.29 is 0 Å². The molecule has 2 N–H and O–H groups in total. The van der Waals surface area contributed by atoms with E-state index in [1.807, 2.05) is 12.1 Å². The van der Waals surface area contributed by atoms with E-state index in [1.165, 1.54) is 24.8 Å². The van der Waals surface area contributed by atoms with E-state index in [0.29, 0.717) is 11.8 Å². The van der Waals surface area contributed by atoms with E-state index < -0.39 is 0 Å². The summed E-state index contributed by atoms with van der Waals surface area (Å²) in [5, 5.41) is 0. The fourth-order valence-corrected chi connectivity index (χ4v) is 1.88. The summed E-state index contributed by atoms with van der Waals surface area (Å²) in [6.45, 7) is 2.20. The van der Waals surface area contributed by atoms with Crippen LogP contribution in [-0.2, 0) is 0 Å². The van der Waals surface area contributed by atoms with Crippen molar-refractivity contribution >= 4 is 17.3 Å². The molecule has 14 heavy (non-hydrogen) atoms. The molecule has 0 saturated heterocycles. The molecule has 0 saturated carbocycles. The lowest BCUT2D eigenvalue weighted by atomic mass is 9.95. The fraction of sp³-hybridized carbons (Fsp3) is 0.500. The van der Waals surface area contributed by atoms with Gasteiger partial charge in [0.15, 0.2) is 0 Å². The van der Waals surface area contributed by atoms with E-state index in [0.717, 1.165) is 5.69 Å². The molecule has 78 valence electrons. The molecule has 1 aromatic carbocycles. The highest BCUT2D eigenvalue weighted by atomic mass is 35.5. The number of hydrogen-bond acceptors (Lipinski definition) is 1. The summed E-state index contributed by atoms with van der Waals surface area (Å²) >= 11 is 5.95. The highest BCUT2D eigenvalue weighted by molar-refractivity contribution is 6.18. The number of benzene rings is 1. The number of anilines is 1. The first-order chi connectivity index (χ1) is 6.77. The van der Waals surface area contributed by atoms with Crippen LogP contribution in [0.1, 0.15) is 37.7 Å². The second-order valence-electron chi connectivity index (χ2n) is 3.66. The second-order valence-corrected chi connectivity index (χ2v) is 3.97. The predicted molar refractivity (Wildman–Crippen MR) is 63.8 cm³/mol. The summed E-state index contributed by atoms with van der Waals surface area (Å²) in [4.78, 5) is 0. The van der Waals surface area contributed by atoms with Crippen LogP contribution in [0.2, 0.25) is 0 Å². The lowest BCUT2D eigenvalue weighted by Crippen LogP contribution is -2.00. The molecule has 1 nitrogen and oxygen atoms in total. The molecule has 0 radical (unpaired) electrons. The average molecular weight is 212 g/mol. The van der Waals surface area contributed by atoms with E-state index in [9.17, 15) is 0 Å². The van der Waals surface area contributed by atoms with E-state index in [1.54, 1.807) is 0 Å². The van der Waals surface area contributed by atoms with Gasteiger partial charge in [-0.05, 0) is 30.0 Å². The van der Waals surface area contributed by atoms with Gasteiger partial charge in [0.05, 0.1) is 0 Å². The smallest absolute Gasteiger partial charge is 0.0314 e. The zero-order valence-corrected chi connectivity index (χ0v) is 9.43. The first kappa shape index (κ1) is 11.4. The van der Waals surface area contributed by atoms with Crippen molar-refractivity contribution in [2.75, 3.05) is 11.6 Å². The number of halogens is 1. The van der Waals surface area contributed by atoms with E-state index in [2.05, 4.69) is 19.1 Å². The van der Waals surface area contributed by atoms with Crippen LogP contribution >= 0.6 is 11.6 Å². The normalized spacial score (nSPS) is 12.7. The lowest BCUT2D eigenvalue weighted by Gasteiger charge is -2.13. The standard InChI is InChI=1S/C12H18ClN/c1-2-3-4-11(9-13)10-5-7-12(14)8-6-10/h5-8,11H,2-4,9,14H2,1H3. The van der Waals surface area contributed by atoms with Crippen LogP contribution in [0, 0.1) is 0 Å². The minimum Gasteiger partial charge on any atom is -0.399 e. The van der Waals surface area contributed by atoms with Crippen molar-refractivity contribution in [3.63, 3.8) is 0 Å². The van der Waals surface area contributed by atoms with Crippen molar-refractivity contribution in [3.8, 4) is 0 Å². The molecule has 1 unspecified atom stereocenters. The molecule has 2 heteroatoms. The topological polar surface area (TPSA) is 26.0 Å². The van der Waals surface area contributed by atoms with Gasteiger partial charge in [0.2, 0.25) is 0 Å². The van der Waals surface area contributed by atoms with Gasteiger partial charge in [-0.1, -0.05) is 31.9 Å². The second kappa shape index (κ2) is 5.92. The van der Waals surface area contributed by atoms with Crippen LogP contribution in [0.5, 0.6) is 0 Å². The first-order valence-electron chi connectivity index (χ1n) is 5.19. The highest BCUT2D eigenvalue weighted by Crippen LogP contribution is 2.24. The molecule has 0 bridgehead atoms. The lowest BCUT2D eigenvalue weighted by molar-refractivity contribution is 0.628. The first-order valence-corrected chi connectivity index (χ1v) is 5.72. The molecular formula is C12H18ClN. The Morgan fingerprint density at radius 1 is 1.29 bits per heavy atom. The number of nitrogens with two attached hydrogens (primary N) is 1. The number of hydrogen-bond donors (Lipinski definition) is 1. The Labute approximate surface area is 91.3 Å².